The number of rotatable bonds is 5. The lowest BCUT2D eigenvalue weighted by Crippen LogP contribution is -2.33. The van der Waals surface area contributed by atoms with Crippen molar-refractivity contribution in [3.8, 4) is 0 Å². The van der Waals surface area contributed by atoms with Crippen LogP contribution in [0.1, 0.15) is 23.8 Å². The van der Waals surface area contributed by atoms with E-state index in [-0.39, 0.29) is 17.7 Å². The van der Waals surface area contributed by atoms with E-state index in [0.717, 1.165) is 13.0 Å². The van der Waals surface area contributed by atoms with Crippen LogP contribution in [0.5, 0.6) is 0 Å². The predicted octanol–water partition coefficient (Wildman–Crippen LogP) is 1.03. The van der Waals surface area contributed by atoms with E-state index in [1.54, 1.807) is 12.1 Å². The van der Waals surface area contributed by atoms with E-state index < -0.39 is 5.97 Å². The molecule has 0 unspecified atom stereocenters. The van der Waals surface area contributed by atoms with Gasteiger partial charge in [0.05, 0.1) is 18.9 Å². The SMILES string of the molecule is COC(=O)c1nc(NC[C@@H]2CCO2)ccc1NC(C)=O. The van der Waals surface area contributed by atoms with Gasteiger partial charge in [-0.1, -0.05) is 0 Å². The molecule has 0 saturated carbocycles. The minimum atomic E-state index is -0.600. The summed E-state index contributed by atoms with van der Waals surface area (Å²) in [6, 6.07) is 3.31. The topological polar surface area (TPSA) is 89.6 Å². The van der Waals surface area contributed by atoms with Crippen LogP contribution in [-0.2, 0) is 14.3 Å². The van der Waals surface area contributed by atoms with Gasteiger partial charge >= 0.3 is 5.97 Å². The Morgan fingerprint density at radius 2 is 2.25 bits per heavy atom. The van der Waals surface area contributed by atoms with Crippen molar-refractivity contribution >= 4 is 23.4 Å². The van der Waals surface area contributed by atoms with Crippen LogP contribution in [0.2, 0.25) is 0 Å². The molecule has 1 aliphatic rings. The summed E-state index contributed by atoms with van der Waals surface area (Å²) < 4.78 is 9.95. The van der Waals surface area contributed by atoms with Crippen molar-refractivity contribution in [1.29, 1.82) is 0 Å². The van der Waals surface area contributed by atoms with Gasteiger partial charge < -0.3 is 20.1 Å². The molecule has 1 fully saturated rings. The number of aromatic nitrogens is 1. The molecule has 108 valence electrons. The van der Waals surface area contributed by atoms with Gasteiger partial charge in [-0.15, -0.1) is 0 Å². The summed E-state index contributed by atoms with van der Waals surface area (Å²) in [4.78, 5) is 27.0. The minimum Gasteiger partial charge on any atom is -0.464 e. The zero-order chi connectivity index (χ0) is 14.5. The lowest BCUT2D eigenvalue weighted by molar-refractivity contribution is -0.114. The molecule has 0 aliphatic carbocycles. The minimum absolute atomic E-state index is 0.0715. The zero-order valence-corrected chi connectivity index (χ0v) is 11.4. The largest absolute Gasteiger partial charge is 0.464 e. The second kappa shape index (κ2) is 6.33. The maximum atomic E-state index is 11.7. The molecule has 0 radical (unpaired) electrons. The summed E-state index contributed by atoms with van der Waals surface area (Å²) in [5, 5.41) is 5.64. The molecular weight excluding hydrogens is 262 g/mol. The van der Waals surface area contributed by atoms with E-state index in [1.165, 1.54) is 14.0 Å². The van der Waals surface area contributed by atoms with Gasteiger partial charge in [-0.3, -0.25) is 4.79 Å². The number of anilines is 2. The summed E-state index contributed by atoms with van der Waals surface area (Å²) >= 11 is 0. The Balaban J connectivity index is 2.13. The number of methoxy groups -OCH3 is 1. The van der Waals surface area contributed by atoms with Crippen LogP contribution in [-0.4, -0.2) is 43.2 Å². The van der Waals surface area contributed by atoms with Crippen LogP contribution in [0.15, 0.2) is 12.1 Å². The molecule has 0 spiro atoms. The summed E-state index contributed by atoms with van der Waals surface area (Å²) in [6.07, 6.45) is 1.20. The molecule has 2 rings (SSSR count). The molecule has 1 aromatic rings. The molecule has 1 aromatic heterocycles. The fourth-order valence-corrected chi connectivity index (χ4v) is 1.76. The van der Waals surface area contributed by atoms with E-state index in [4.69, 9.17) is 4.74 Å². The van der Waals surface area contributed by atoms with Gasteiger partial charge in [-0.25, -0.2) is 9.78 Å². The monoisotopic (exact) mass is 279 g/mol. The highest BCUT2D eigenvalue weighted by Gasteiger charge is 2.19. The van der Waals surface area contributed by atoms with Gasteiger partial charge in [0.25, 0.3) is 0 Å². The molecule has 1 amide bonds. The number of ether oxygens (including phenoxy) is 2. The van der Waals surface area contributed by atoms with Gasteiger partial charge in [0, 0.05) is 20.1 Å². The highest BCUT2D eigenvalue weighted by molar-refractivity contribution is 5.99. The third-order valence-electron chi connectivity index (χ3n) is 2.89. The Hall–Kier alpha value is -2.15. The Bertz CT molecular complexity index is 514. The normalized spacial score (nSPS) is 17.0. The summed E-state index contributed by atoms with van der Waals surface area (Å²) in [5.74, 6) is -0.340. The Kier molecular flexibility index (Phi) is 4.52. The number of carbonyl (C=O) groups excluding carboxylic acids is 2. The lowest BCUT2D eigenvalue weighted by Gasteiger charge is -2.26. The fourth-order valence-electron chi connectivity index (χ4n) is 1.76. The molecule has 1 saturated heterocycles. The van der Waals surface area contributed by atoms with E-state index in [2.05, 4.69) is 20.4 Å². The fraction of sp³-hybridized carbons (Fsp3) is 0.462. The van der Waals surface area contributed by atoms with Crippen molar-refractivity contribution in [2.45, 2.75) is 19.4 Å². The number of carbonyl (C=O) groups is 2. The molecule has 2 N–H and O–H groups in total. The Labute approximate surface area is 116 Å². The standard InChI is InChI=1S/C13H17N3O4/c1-8(17)15-10-3-4-11(14-7-9-5-6-20-9)16-12(10)13(18)19-2/h3-4,9H,5-7H2,1-2H3,(H,14,16)(H,15,17)/t9-/m0/s1. The third-order valence-corrected chi connectivity index (χ3v) is 2.89. The molecule has 7 heteroatoms. The average molecular weight is 279 g/mol. The van der Waals surface area contributed by atoms with Crippen molar-refractivity contribution < 1.29 is 19.1 Å². The molecule has 1 atom stereocenters. The number of pyridine rings is 1. The first-order valence-electron chi connectivity index (χ1n) is 6.32. The number of nitrogens with zero attached hydrogens (tertiary/aromatic N) is 1. The van der Waals surface area contributed by atoms with Gasteiger partial charge in [0.1, 0.15) is 5.82 Å². The number of esters is 1. The van der Waals surface area contributed by atoms with Crippen LogP contribution in [0.3, 0.4) is 0 Å². The van der Waals surface area contributed by atoms with Crippen LogP contribution >= 0.6 is 0 Å². The number of nitrogens with one attached hydrogen (secondary N) is 2. The highest BCUT2D eigenvalue weighted by Crippen LogP contribution is 2.19. The summed E-state index contributed by atoms with van der Waals surface area (Å²) in [6.45, 7) is 2.78. The molecule has 20 heavy (non-hydrogen) atoms. The van der Waals surface area contributed by atoms with Crippen molar-refractivity contribution in [2.24, 2.45) is 0 Å². The van der Waals surface area contributed by atoms with Crippen molar-refractivity contribution in [3.63, 3.8) is 0 Å². The van der Waals surface area contributed by atoms with E-state index in [1.807, 2.05) is 0 Å². The Morgan fingerprint density at radius 1 is 1.50 bits per heavy atom. The van der Waals surface area contributed by atoms with Gasteiger partial charge in [-0.05, 0) is 18.6 Å². The van der Waals surface area contributed by atoms with Gasteiger partial charge in [-0.2, -0.15) is 0 Å². The smallest absolute Gasteiger partial charge is 0.358 e. The molecule has 0 aromatic carbocycles. The van der Waals surface area contributed by atoms with Gasteiger partial charge in [0.15, 0.2) is 5.69 Å². The predicted molar refractivity (Wildman–Crippen MR) is 72.7 cm³/mol. The second-order valence-corrected chi connectivity index (χ2v) is 4.43. The van der Waals surface area contributed by atoms with E-state index >= 15 is 0 Å². The molecular formula is C13H17N3O4. The first kappa shape index (κ1) is 14.3. The number of hydrogen-bond donors (Lipinski definition) is 2. The number of hydrogen-bond acceptors (Lipinski definition) is 6. The lowest BCUT2D eigenvalue weighted by atomic mass is 10.2. The van der Waals surface area contributed by atoms with Crippen LogP contribution in [0.4, 0.5) is 11.5 Å². The number of amides is 1. The van der Waals surface area contributed by atoms with Crippen LogP contribution < -0.4 is 10.6 Å². The van der Waals surface area contributed by atoms with E-state index in [9.17, 15) is 9.59 Å². The molecule has 0 bridgehead atoms. The average Bonchev–Trinajstić information content (AvgIpc) is 2.37. The second-order valence-electron chi connectivity index (χ2n) is 4.43. The molecule has 7 nitrogen and oxygen atoms in total. The first-order valence-corrected chi connectivity index (χ1v) is 6.32. The Morgan fingerprint density at radius 3 is 2.80 bits per heavy atom. The third kappa shape index (κ3) is 3.45. The van der Waals surface area contributed by atoms with Crippen molar-refractivity contribution in [2.75, 3.05) is 30.9 Å². The van der Waals surface area contributed by atoms with Crippen molar-refractivity contribution in [3.05, 3.63) is 17.8 Å². The quantitative estimate of drug-likeness (QED) is 0.782. The van der Waals surface area contributed by atoms with Crippen LogP contribution in [0.25, 0.3) is 0 Å². The first-order chi connectivity index (χ1) is 9.60. The maximum Gasteiger partial charge on any atom is 0.358 e. The van der Waals surface area contributed by atoms with E-state index in [0.29, 0.717) is 18.1 Å². The van der Waals surface area contributed by atoms with Crippen LogP contribution in [0, 0.1) is 0 Å². The molecule has 1 aliphatic heterocycles. The van der Waals surface area contributed by atoms with Crippen molar-refractivity contribution in [1.82, 2.24) is 4.98 Å². The highest BCUT2D eigenvalue weighted by atomic mass is 16.5. The maximum absolute atomic E-state index is 11.7. The molecule has 2 heterocycles. The van der Waals surface area contributed by atoms with Gasteiger partial charge in [0.2, 0.25) is 5.91 Å². The summed E-state index contributed by atoms with van der Waals surface area (Å²) in [5.41, 5.74) is 0.400. The summed E-state index contributed by atoms with van der Waals surface area (Å²) in [7, 11) is 1.27. The zero-order valence-electron chi connectivity index (χ0n) is 11.4.